The van der Waals surface area contributed by atoms with Crippen LogP contribution in [0, 0.1) is 50.1 Å². The molecular weight excluding hydrogens is 578 g/mol. The Morgan fingerprint density at radius 3 is 1.91 bits per heavy atom. The molecule has 1 atom stereocenters. The van der Waals surface area contributed by atoms with Crippen molar-refractivity contribution in [3.05, 3.63) is 103 Å². The first-order valence-electron chi connectivity index (χ1n) is 9.23. The zero-order chi connectivity index (χ0) is 22.6. The Labute approximate surface area is 230 Å². The molecule has 34 heavy (non-hydrogen) atoms. The van der Waals surface area contributed by atoms with Crippen LogP contribution in [0.1, 0.15) is 27.7 Å². The molecule has 0 N–H and O–H groups in total. The van der Waals surface area contributed by atoms with Gasteiger partial charge in [0.25, 0.3) is 0 Å². The molecule has 0 spiro atoms. The summed E-state index contributed by atoms with van der Waals surface area (Å²) in [5.74, 6) is -5.81. The zero-order valence-electron chi connectivity index (χ0n) is 19.9. The maximum absolute atomic E-state index is 13.8. The summed E-state index contributed by atoms with van der Waals surface area (Å²) in [7, 11) is 0. The third kappa shape index (κ3) is 7.98. The minimum atomic E-state index is -1.79. The first-order chi connectivity index (χ1) is 14.2. The molecule has 0 saturated carbocycles. The Morgan fingerprint density at radius 2 is 1.44 bits per heavy atom. The molecule has 0 aromatic heterocycles. The fourth-order valence-corrected chi connectivity index (χ4v) is 3.32. The van der Waals surface area contributed by atoms with Crippen LogP contribution in [0.4, 0.5) is 17.6 Å². The predicted octanol–water partition coefficient (Wildman–Crippen LogP) is 8.86. The van der Waals surface area contributed by atoms with E-state index >= 15 is 0 Å². The molecule has 2 radical (unpaired) electrons. The van der Waals surface area contributed by atoms with Crippen LogP contribution in [-0.2, 0) is 23.3 Å². The van der Waals surface area contributed by atoms with Gasteiger partial charge in [0.05, 0.1) is 0 Å². The Kier molecular flexibility index (Phi) is 18.3. The second kappa shape index (κ2) is 16.6. The van der Waals surface area contributed by atoms with E-state index in [2.05, 4.69) is 40.7 Å². The molecule has 1 unspecified atom stereocenters. The molecule has 0 bridgehead atoms. The van der Waals surface area contributed by atoms with Crippen LogP contribution in [0.3, 0.4) is 0 Å². The van der Waals surface area contributed by atoms with Crippen LogP contribution >= 0.6 is 24.8 Å². The average Bonchev–Trinajstić information content (AvgIpc) is 3.28. The van der Waals surface area contributed by atoms with E-state index in [1.54, 1.807) is 36.4 Å². The third-order valence-electron chi connectivity index (χ3n) is 5.31. The van der Waals surface area contributed by atoms with Crippen molar-refractivity contribution in [2.75, 3.05) is 0 Å². The van der Waals surface area contributed by atoms with Gasteiger partial charge in [-0.25, -0.2) is 23.1 Å². The molecule has 1 aliphatic carbocycles. The summed E-state index contributed by atoms with van der Waals surface area (Å²) >= 11 is 1.36. The van der Waals surface area contributed by atoms with E-state index in [9.17, 15) is 17.6 Å². The molecule has 0 saturated heterocycles. The maximum atomic E-state index is 13.8. The zero-order valence-corrected chi connectivity index (χ0v) is 25.0. The molecule has 3 aromatic carbocycles. The van der Waals surface area contributed by atoms with Gasteiger partial charge in [-0.15, -0.1) is 78.4 Å². The van der Waals surface area contributed by atoms with Gasteiger partial charge in [-0.3, -0.25) is 6.08 Å². The summed E-state index contributed by atoms with van der Waals surface area (Å²) in [4.78, 5) is 0. The summed E-state index contributed by atoms with van der Waals surface area (Å²) in [6.45, 7) is 11.7. The summed E-state index contributed by atoms with van der Waals surface area (Å²) in [6, 6.07) is 11.0. The molecule has 186 valence electrons. The molecule has 3 aromatic rings. The Balaban J connectivity index is -0.000000555. The normalized spacial score (nSPS) is 13.5. The van der Waals surface area contributed by atoms with Gasteiger partial charge >= 0.3 is 30.2 Å². The van der Waals surface area contributed by atoms with Gasteiger partial charge in [0.1, 0.15) is 0 Å². The molecule has 1 aliphatic rings. The van der Waals surface area contributed by atoms with Crippen LogP contribution < -0.4 is 0 Å². The van der Waals surface area contributed by atoms with Gasteiger partial charge in [0.2, 0.25) is 0 Å². The minimum absolute atomic E-state index is 0. The first-order valence-corrected chi connectivity index (χ1v) is 13.4. The summed E-state index contributed by atoms with van der Waals surface area (Å²) in [6.07, 6.45) is 3.36. The summed E-state index contributed by atoms with van der Waals surface area (Å²) < 4.78 is 53.2. The number of hydrogen-bond donors (Lipinski definition) is 0. The van der Waals surface area contributed by atoms with Gasteiger partial charge in [-0.1, -0.05) is 32.8 Å². The topological polar surface area (TPSA) is 0 Å². The van der Waals surface area contributed by atoms with Crippen molar-refractivity contribution in [3.8, 4) is 11.1 Å². The van der Waals surface area contributed by atoms with Crippen LogP contribution in [-0.4, -0.2) is 6.88 Å². The quantitative estimate of drug-likeness (QED) is 0.0854. The van der Waals surface area contributed by atoms with E-state index in [1.807, 2.05) is 0 Å². The van der Waals surface area contributed by atoms with E-state index in [0.29, 0.717) is 22.9 Å². The second-order valence-electron chi connectivity index (χ2n) is 6.98. The number of hydrogen-bond acceptors (Lipinski definition) is 0. The van der Waals surface area contributed by atoms with Gasteiger partial charge in [-0.05, 0) is 11.6 Å². The number of fused-ring (bicyclic) bond motifs is 1. The fraction of sp³-hybridized carbons (Fsp3) is 0.192. The number of allylic oxidation sites excluding steroid dienone is 4. The number of benzene rings is 2. The van der Waals surface area contributed by atoms with Crippen molar-refractivity contribution < 1.29 is 40.9 Å². The average molecular weight is 607 g/mol. The van der Waals surface area contributed by atoms with Gasteiger partial charge in [-0.2, -0.15) is 11.1 Å². The van der Waals surface area contributed by atoms with Crippen molar-refractivity contribution in [1.29, 1.82) is 0 Å². The molecular formula is C26H28Cl2F4SiZr-4. The fourth-order valence-electron chi connectivity index (χ4n) is 3.32. The van der Waals surface area contributed by atoms with Gasteiger partial charge < -0.3 is 14.9 Å². The van der Waals surface area contributed by atoms with Crippen LogP contribution in [0.5, 0.6) is 0 Å². The van der Waals surface area contributed by atoms with E-state index in [-0.39, 0.29) is 45.2 Å². The van der Waals surface area contributed by atoms with E-state index in [4.69, 9.17) is 0 Å². The predicted molar refractivity (Wildman–Crippen MR) is 138 cm³/mol. The Hall–Kier alpha value is -1.07. The third-order valence-corrected chi connectivity index (χ3v) is 5.31. The van der Waals surface area contributed by atoms with Crippen molar-refractivity contribution in [2.45, 2.75) is 27.7 Å². The SMILES string of the molecule is CC1=[C-]C(C)C(C)=C1C.Cl.Cl.Fc1cc(-c2c[cH-]c3ccccc23)c(F)c(F)c1F.[CH3-].[CH3-].[Si]=[Zr]. The van der Waals surface area contributed by atoms with Gasteiger partial charge in [0, 0.05) is 0 Å². The summed E-state index contributed by atoms with van der Waals surface area (Å²) in [5, 5.41) is 1.48. The first kappa shape index (κ1) is 37.5. The molecule has 0 aliphatic heterocycles. The standard InChI is InChI=1S/C15H7F4.C9H13.2CH3.2ClH.Si.Zr/c16-12-7-11(13(17)15(19)14(12)18)10-6-5-8-3-1-2-4-9(8)10;1-6-5-7(2)9(4)8(6)3;;;;;;/h1-7H;6H,1-4H3;2*1H3;2*1H;;/q4*-1;;;;. The molecule has 0 amide bonds. The van der Waals surface area contributed by atoms with Crippen molar-refractivity contribution in [1.82, 2.24) is 0 Å². The Morgan fingerprint density at radius 1 is 0.882 bits per heavy atom. The van der Waals surface area contributed by atoms with E-state index in [1.165, 1.54) is 40.1 Å². The molecule has 4 rings (SSSR count). The van der Waals surface area contributed by atoms with E-state index < -0.39 is 23.3 Å². The number of rotatable bonds is 1. The summed E-state index contributed by atoms with van der Waals surface area (Å²) in [5.41, 5.74) is 4.30. The van der Waals surface area contributed by atoms with Gasteiger partial charge in [0.15, 0.2) is 23.3 Å². The molecule has 0 fully saturated rings. The molecule has 0 heterocycles. The van der Waals surface area contributed by atoms with Crippen molar-refractivity contribution in [3.63, 3.8) is 0 Å². The van der Waals surface area contributed by atoms with Crippen LogP contribution in [0.2, 0.25) is 0 Å². The van der Waals surface area contributed by atoms with Crippen LogP contribution in [0.15, 0.2) is 59.2 Å². The second-order valence-corrected chi connectivity index (χ2v) is 6.98. The molecule has 8 heteroatoms. The van der Waals surface area contributed by atoms with Crippen LogP contribution in [0.25, 0.3) is 21.9 Å². The number of halogens is 6. The molecule has 0 nitrogen and oxygen atoms in total. The Bertz CT molecular complexity index is 1140. The van der Waals surface area contributed by atoms with Crippen molar-refractivity contribution >= 4 is 42.5 Å². The van der Waals surface area contributed by atoms with Crippen molar-refractivity contribution in [2.24, 2.45) is 5.92 Å². The monoisotopic (exact) mass is 604 g/mol. The van der Waals surface area contributed by atoms with E-state index in [0.717, 1.165) is 5.39 Å².